The summed E-state index contributed by atoms with van der Waals surface area (Å²) in [6, 6.07) is 8.63. The normalized spacial score (nSPS) is 27.3. The Bertz CT molecular complexity index is 416. The first-order valence-corrected chi connectivity index (χ1v) is 7.54. The topological polar surface area (TPSA) is 32.3 Å². The van der Waals surface area contributed by atoms with E-state index < -0.39 is 0 Å². The van der Waals surface area contributed by atoms with Crippen molar-refractivity contribution in [1.29, 1.82) is 0 Å². The van der Waals surface area contributed by atoms with E-state index in [0.29, 0.717) is 0 Å². The molecule has 1 aromatic rings. The third kappa shape index (κ3) is 1.90. The summed E-state index contributed by atoms with van der Waals surface area (Å²) < 4.78 is 0.113. The molecule has 0 radical (unpaired) electrons. The zero-order valence-corrected chi connectivity index (χ0v) is 11.0. The van der Waals surface area contributed by atoms with Crippen molar-refractivity contribution in [2.45, 2.75) is 36.2 Å². The van der Waals surface area contributed by atoms with Gasteiger partial charge < -0.3 is 10.4 Å². The molecular weight excluding hydrogens is 230 g/mol. The van der Waals surface area contributed by atoms with Gasteiger partial charge in [0.05, 0.1) is 12.1 Å². The summed E-state index contributed by atoms with van der Waals surface area (Å²) in [5, 5.41) is 14.1. The zero-order valence-electron chi connectivity index (χ0n) is 10.1. The maximum Gasteiger partial charge on any atom is 0.0881 e. The van der Waals surface area contributed by atoms with Crippen molar-refractivity contribution in [3.63, 3.8) is 0 Å². The fourth-order valence-corrected chi connectivity index (χ4v) is 3.75. The molecule has 1 aliphatic heterocycles. The number of fused-ring (bicyclic) bond motifs is 1. The number of nitrogens with one attached hydrogen (secondary N) is 1. The van der Waals surface area contributed by atoms with Gasteiger partial charge in [-0.2, -0.15) is 11.8 Å². The molecule has 92 valence electrons. The Hall–Kier alpha value is -0.510. The van der Waals surface area contributed by atoms with Gasteiger partial charge in [-0.25, -0.2) is 0 Å². The largest absolute Gasteiger partial charge is 0.390 e. The van der Waals surface area contributed by atoms with Crippen LogP contribution in [0.25, 0.3) is 0 Å². The highest BCUT2D eigenvalue weighted by Crippen LogP contribution is 2.53. The van der Waals surface area contributed by atoms with Gasteiger partial charge in [-0.3, -0.25) is 0 Å². The highest BCUT2D eigenvalue weighted by Gasteiger charge is 2.51. The van der Waals surface area contributed by atoms with Crippen LogP contribution < -0.4 is 5.32 Å². The number of aliphatic hydroxyl groups is 1. The van der Waals surface area contributed by atoms with Gasteiger partial charge in [-0.05, 0) is 43.2 Å². The van der Waals surface area contributed by atoms with Crippen molar-refractivity contribution < 1.29 is 5.11 Å². The highest BCUT2D eigenvalue weighted by atomic mass is 32.2. The second kappa shape index (κ2) is 4.30. The zero-order chi connectivity index (χ0) is 11.9. The van der Waals surface area contributed by atoms with Crippen LogP contribution in [-0.4, -0.2) is 28.8 Å². The van der Waals surface area contributed by atoms with Crippen LogP contribution in [0.4, 0.5) is 0 Å². The first-order chi connectivity index (χ1) is 8.27. The lowest BCUT2D eigenvalue weighted by atomic mass is 9.89. The van der Waals surface area contributed by atoms with Gasteiger partial charge >= 0.3 is 0 Å². The minimum atomic E-state index is -0.265. The van der Waals surface area contributed by atoms with E-state index in [0.717, 1.165) is 25.8 Å². The molecule has 3 heteroatoms. The second-order valence-electron chi connectivity index (χ2n) is 5.09. The third-order valence-corrected chi connectivity index (χ3v) is 5.62. The molecular formula is C14H19NOS. The minimum Gasteiger partial charge on any atom is -0.390 e. The van der Waals surface area contributed by atoms with Crippen molar-refractivity contribution >= 4 is 11.8 Å². The van der Waals surface area contributed by atoms with Gasteiger partial charge in [0.15, 0.2) is 0 Å². The summed E-state index contributed by atoms with van der Waals surface area (Å²) in [7, 11) is 0. The standard InChI is InChI=1S/C14H19NOS/c1-17-14(7-8-14)13(16)12-11-5-3-2-4-10(11)6-9-15-12/h2-5,12-13,15-16H,6-9H2,1H3. The lowest BCUT2D eigenvalue weighted by Crippen LogP contribution is -2.43. The molecule has 2 aliphatic rings. The predicted molar refractivity (Wildman–Crippen MR) is 72.4 cm³/mol. The van der Waals surface area contributed by atoms with E-state index in [-0.39, 0.29) is 16.9 Å². The van der Waals surface area contributed by atoms with Crippen LogP contribution in [0.3, 0.4) is 0 Å². The fraction of sp³-hybridized carbons (Fsp3) is 0.571. The van der Waals surface area contributed by atoms with E-state index >= 15 is 0 Å². The van der Waals surface area contributed by atoms with Crippen molar-refractivity contribution in [2.75, 3.05) is 12.8 Å². The fourth-order valence-electron chi connectivity index (χ4n) is 2.87. The van der Waals surface area contributed by atoms with Crippen LogP contribution in [0, 0.1) is 0 Å². The lowest BCUT2D eigenvalue weighted by molar-refractivity contribution is 0.115. The summed E-state index contributed by atoms with van der Waals surface area (Å²) in [4.78, 5) is 0. The molecule has 0 bridgehead atoms. The number of hydrogen-bond acceptors (Lipinski definition) is 3. The van der Waals surface area contributed by atoms with Crippen LogP contribution >= 0.6 is 11.8 Å². The number of rotatable bonds is 3. The van der Waals surface area contributed by atoms with Crippen LogP contribution in [0.15, 0.2) is 24.3 Å². The summed E-state index contributed by atoms with van der Waals surface area (Å²) in [6.45, 7) is 0.975. The lowest BCUT2D eigenvalue weighted by Gasteiger charge is -2.34. The molecule has 0 amide bonds. The van der Waals surface area contributed by atoms with Crippen molar-refractivity contribution in [3.8, 4) is 0 Å². The average molecular weight is 249 g/mol. The maximum absolute atomic E-state index is 10.6. The Morgan fingerprint density at radius 3 is 2.88 bits per heavy atom. The molecule has 2 unspecified atom stereocenters. The second-order valence-corrected chi connectivity index (χ2v) is 6.32. The molecule has 1 fully saturated rings. The Morgan fingerprint density at radius 1 is 1.41 bits per heavy atom. The van der Waals surface area contributed by atoms with Gasteiger partial charge in [0, 0.05) is 4.75 Å². The van der Waals surface area contributed by atoms with Crippen LogP contribution in [-0.2, 0) is 6.42 Å². The molecule has 17 heavy (non-hydrogen) atoms. The molecule has 1 heterocycles. The van der Waals surface area contributed by atoms with Crippen molar-refractivity contribution in [2.24, 2.45) is 0 Å². The molecule has 0 saturated heterocycles. The van der Waals surface area contributed by atoms with Crippen molar-refractivity contribution in [3.05, 3.63) is 35.4 Å². The van der Waals surface area contributed by atoms with Crippen LogP contribution in [0.1, 0.15) is 30.0 Å². The number of thioether (sulfide) groups is 1. The quantitative estimate of drug-likeness (QED) is 0.861. The van der Waals surface area contributed by atoms with Gasteiger partial charge in [0.1, 0.15) is 0 Å². The van der Waals surface area contributed by atoms with E-state index in [4.69, 9.17) is 0 Å². The summed E-state index contributed by atoms with van der Waals surface area (Å²) >= 11 is 1.82. The minimum absolute atomic E-state index is 0.113. The molecule has 0 spiro atoms. The van der Waals surface area contributed by atoms with Crippen LogP contribution in [0.2, 0.25) is 0 Å². The Kier molecular flexibility index (Phi) is 2.93. The molecule has 2 N–H and O–H groups in total. The Morgan fingerprint density at radius 2 is 2.18 bits per heavy atom. The highest BCUT2D eigenvalue weighted by molar-refractivity contribution is 8.00. The SMILES string of the molecule is CSC1(C(O)C2NCCc3ccccc32)CC1. The third-order valence-electron chi connectivity index (χ3n) is 4.15. The van der Waals surface area contributed by atoms with Gasteiger partial charge in [-0.1, -0.05) is 24.3 Å². The summed E-state index contributed by atoms with van der Waals surface area (Å²) in [6.07, 6.45) is 5.22. The molecule has 1 aliphatic carbocycles. The Labute approximate surface area is 107 Å². The summed E-state index contributed by atoms with van der Waals surface area (Å²) in [5.74, 6) is 0. The average Bonchev–Trinajstić information content (AvgIpc) is 3.18. The smallest absolute Gasteiger partial charge is 0.0881 e. The predicted octanol–water partition coefficient (Wildman–Crippen LogP) is 2.13. The first-order valence-electron chi connectivity index (χ1n) is 6.31. The molecule has 1 saturated carbocycles. The molecule has 2 atom stereocenters. The number of benzene rings is 1. The van der Waals surface area contributed by atoms with Gasteiger partial charge in [0.25, 0.3) is 0 Å². The molecule has 3 rings (SSSR count). The molecule has 1 aromatic carbocycles. The van der Waals surface area contributed by atoms with Crippen LogP contribution in [0.5, 0.6) is 0 Å². The van der Waals surface area contributed by atoms with Crippen molar-refractivity contribution in [1.82, 2.24) is 5.32 Å². The summed E-state index contributed by atoms with van der Waals surface area (Å²) in [5.41, 5.74) is 2.69. The number of hydrogen-bond donors (Lipinski definition) is 2. The van der Waals surface area contributed by atoms with E-state index in [1.807, 2.05) is 11.8 Å². The van der Waals surface area contributed by atoms with E-state index in [9.17, 15) is 5.11 Å². The van der Waals surface area contributed by atoms with E-state index in [2.05, 4.69) is 35.8 Å². The molecule has 2 nitrogen and oxygen atoms in total. The number of aliphatic hydroxyl groups excluding tert-OH is 1. The van der Waals surface area contributed by atoms with Gasteiger partial charge in [0.2, 0.25) is 0 Å². The maximum atomic E-state index is 10.6. The molecule has 0 aromatic heterocycles. The Balaban J connectivity index is 1.90. The van der Waals surface area contributed by atoms with Gasteiger partial charge in [-0.15, -0.1) is 0 Å². The van der Waals surface area contributed by atoms with E-state index in [1.165, 1.54) is 11.1 Å². The van der Waals surface area contributed by atoms with E-state index in [1.54, 1.807) is 0 Å². The monoisotopic (exact) mass is 249 g/mol. The first kappa shape index (κ1) is 11.6.